The fourth-order valence-electron chi connectivity index (χ4n) is 4.72. The van der Waals surface area contributed by atoms with Crippen LogP contribution in [-0.4, -0.2) is 45.1 Å². The Hall–Kier alpha value is -4.06. The SMILES string of the molecule is Cn1cnnc1C1CCN(c2c(-c3ccc(F)nc3)ccc(/C(C=N)=C/NC3CC3)c2C#N)CC1. The molecule has 0 amide bonds. The van der Waals surface area contributed by atoms with Crippen molar-refractivity contribution in [3.63, 3.8) is 0 Å². The van der Waals surface area contributed by atoms with Crippen LogP contribution in [0.5, 0.6) is 0 Å². The lowest BCUT2D eigenvalue weighted by molar-refractivity contribution is 0.474. The molecule has 0 radical (unpaired) electrons. The zero-order chi connectivity index (χ0) is 24.4. The van der Waals surface area contributed by atoms with Crippen molar-refractivity contribution in [2.45, 2.75) is 37.6 Å². The van der Waals surface area contributed by atoms with Crippen LogP contribution in [0.25, 0.3) is 16.7 Å². The van der Waals surface area contributed by atoms with E-state index in [0.29, 0.717) is 28.7 Å². The molecule has 2 fully saturated rings. The fourth-order valence-corrected chi connectivity index (χ4v) is 4.72. The summed E-state index contributed by atoms with van der Waals surface area (Å²) >= 11 is 0. The minimum absolute atomic E-state index is 0.295. The molecule has 35 heavy (non-hydrogen) atoms. The lowest BCUT2D eigenvalue weighted by atomic mass is 9.90. The summed E-state index contributed by atoms with van der Waals surface area (Å²) in [6, 6.07) is 9.71. The molecule has 5 rings (SSSR count). The number of aryl methyl sites for hydroxylation is 1. The highest BCUT2D eigenvalue weighted by Gasteiger charge is 2.28. The maximum Gasteiger partial charge on any atom is 0.212 e. The third-order valence-electron chi connectivity index (χ3n) is 6.77. The average Bonchev–Trinajstić information content (AvgIpc) is 3.62. The smallest absolute Gasteiger partial charge is 0.212 e. The molecule has 3 heterocycles. The monoisotopic (exact) mass is 470 g/mol. The number of halogens is 1. The molecule has 178 valence electrons. The molecule has 0 bridgehead atoms. The van der Waals surface area contributed by atoms with Crippen LogP contribution in [0.15, 0.2) is 43.0 Å². The zero-order valence-corrected chi connectivity index (χ0v) is 19.6. The van der Waals surface area contributed by atoms with Gasteiger partial charge in [-0.3, -0.25) is 0 Å². The van der Waals surface area contributed by atoms with E-state index in [1.54, 1.807) is 12.4 Å². The summed E-state index contributed by atoms with van der Waals surface area (Å²) < 4.78 is 15.5. The second-order valence-corrected chi connectivity index (χ2v) is 9.11. The van der Waals surface area contributed by atoms with Crippen molar-refractivity contribution >= 4 is 17.5 Å². The molecule has 8 nitrogen and oxygen atoms in total. The van der Waals surface area contributed by atoms with Gasteiger partial charge in [0.25, 0.3) is 0 Å². The van der Waals surface area contributed by atoms with Gasteiger partial charge in [0.15, 0.2) is 0 Å². The zero-order valence-electron chi connectivity index (χ0n) is 19.6. The first-order chi connectivity index (χ1) is 17.1. The van der Waals surface area contributed by atoms with Crippen LogP contribution in [0.2, 0.25) is 0 Å². The van der Waals surface area contributed by atoms with E-state index >= 15 is 0 Å². The molecular formula is C26H27FN8. The van der Waals surface area contributed by atoms with E-state index in [2.05, 4.69) is 31.5 Å². The number of benzene rings is 1. The van der Waals surface area contributed by atoms with Gasteiger partial charge < -0.3 is 20.2 Å². The molecule has 0 spiro atoms. The average molecular weight is 471 g/mol. The maximum atomic E-state index is 13.6. The van der Waals surface area contributed by atoms with Gasteiger partial charge >= 0.3 is 0 Å². The molecule has 1 saturated carbocycles. The Labute approximate surface area is 203 Å². The number of pyridine rings is 1. The molecule has 2 N–H and O–H groups in total. The van der Waals surface area contributed by atoms with Gasteiger partial charge in [-0.2, -0.15) is 9.65 Å². The Morgan fingerprint density at radius 2 is 2.00 bits per heavy atom. The Kier molecular flexibility index (Phi) is 6.27. The number of allylic oxidation sites excluding steroid dienone is 1. The second-order valence-electron chi connectivity index (χ2n) is 9.11. The van der Waals surface area contributed by atoms with Gasteiger partial charge in [-0.05, 0) is 37.8 Å². The molecule has 1 saturated heterocycles. The quantitative estimate of drug-likeness (QED) is 0.399. The highest BCUT2D eigenvalue weighted by molar-refractivity contribution is 6.10. The summed E-state index contributed by atoms with van der Waals surface area (Å²) in [7, 11) is 1.96. The number of anilines is 1. The van der Waals surface area contributed by atoms with Crippen molar-refractivity contribution in [1.82, 2.24) is 25.1 Å². The second kappa shape index (κ2) is 9.66. The highest BCUT2D eigenvalue weighted by atomic mass is 19.1. The highest BCUT2D eigenvalue weighted by Crippen LogP contribution is 2.40. The first kappa shape index (κ1) is 22.7. The molecule has 1 aromatic carbocycles. The first-order valence-electron chi connectivity index (χ1n) is 11.8. The number of rotatable bonds is 7. The van der Waals surface area contributed by atoms with Crippen LogP contribution in [-0.2, 0) is 7.05 Å². The standard InChI is InChI=1S/C26H27FN8/c1-34-16-32-33-26(34)17-8-10-35(11-9-17)25-22(18-2-7-24(27)31-14-18)6-5-21(23(25)13-29)19(12-28)15-30-20-3-4-20/h2,5-7,12,14-17,20,28,30H,3-4,8-11H2,1H3/b19-15+,28-12?. The van der Waals surface area contributed by atoms with E-state index in [9.17, 15) is 9.65 Å². The van der Waals surface area contributed by atoms with Crippen molar-refractivity contribution in [2.24, 2.45) is 7.05 Å². The molecule has 9 heteroatoms. The minimum Gasteiger partial charge on any atom is -0.388 e. The Balaban J connectivity index is 1.55. The predicted molar refractivity (Wildman–Crippen MR) is 132 cm³/mol. The summed E-state index contributed by atoms with van der Waals surface area (Å²) in [4.78, 5) is 6.06. The summed E-state index contributed by atoms with van der Waals surface area (Å²) in [6.07, 6.45) is 10.3. The molecule has 0 atom stereocenters. The third kappa shape index (κ3) is 4.64. The van der Waals surface area contributed by atoms with Crippen LogP contribution >= 0.6 is 0 Å². The number of nitrogens with zero attached hydrogens (tertiary/aromatic N) is 6. The van der Waals surface area contributed by atoms with E-state index in [1.807, 2.05) is 29.9 Å². The van der Waals surface area contributed by atoms with Gasteiger partial charge in [0, 0.05) is 73.0 Å². The van der Waals surface area contributed by atoms with E-state index in [0.717, 1.165) is 61.4 Å². The van der Waals surface area contributed by atoms with Gasteiger partial charge in [0.05, 0.1) is 11.3 Å². The van der Waals surface area contributed by atoms with Gasteiger partial charge in [-0.15, -0.1) is 10.2 Å². The molecule has 2 aliphatic rings. The van der Waals surface area contributed by atoms with Crippen molar-refractivity contribution in [1.29, 1.82) is 10.7 Å². The van der Waals surface area contributed by atoms with Crippen molar-refractivity contribution in [2.75, 3.05) is 18.0 Å². The summed E-state index contributed by atoms with van der Waals surface area (Å²) in [5.74, 6) is 0.724. The van der Waals surface area contributed by atoms with Crippen LogP contribution in [0.3, 0.4) is 0 Å². The molecular weight excluding hydrogens is 443 g/mol. The van der Waals surface area contributed by atoms with Crippen molar-refractivity contribution in [3.05, 3.63) is 65.9 Å². The van der Waals surface area contributed by atoms with Crippen LogP contribution < -0.4 is 10.2 Å². The van der Waals surface area contributed by atoms with Gasteiger partial charge in [-0.1, -0.05) is 12.1 Å². The van der Waals surface area contributed by atoms with E-state index in [1.165, 1.54) is 18.5 Å². The fraction of sp³-hybridized carbons (Fsp3) is 0.346. The number of piperidine rings is 1. The lowest BCUT2D eigenvalue weighted by Gasteiger charge is -2.35. The minimum atomic E-state index is -0.544. The number of nitrogens with one attached hydrogen (secondary N) is 2. The predicted octanol–water partition coefficient (Wildman–Crippen LogP) is 4.01. The van der Waals surface area contributed by atoms with E-state index in [-0.39, 0.29) is 0 Å². The molecule has 3 aromatic rings. The molecule has 1 aliphatic carbocycles. The van der Waals surface area contributed by atoms with Crippen molar-refractivity contribution in [3.8, 4) is 17.2 Å². The van der Waals surface area contributed by atoms with Gasteiger partial charge in [0.2, 0.25) is 5.95 Å². The third-order valence-corrected chi connectivity index (χ3v) is 6.77. The maximum absolute atomic E-state index is 13.6. The van der Waals surface area contributed by atoms with Crippen molar-refractivity contribution < 1.29 is 4.39 Å². The van der Waals surface area contributed by atoms with Crippen LogP contribution in [0.4, 0.5) is 10.1 Å². The van der Waals surface area contributed by atoms with Gasteiger partial charge in [-0.25, -0.2) is 4.98 Å². The Morgan fingerprint density at radius 1 is 1.20 bits per heavy atom. The lowest BCUT2D eigenvalue weighted by Crippen LogP contribution is -2.34. The Morgan fingerprint density at radius 3 is 2.60 bits per heavy atom. The van der Waals surface area contributed by atoms with E-state index in [4.69, 9.17) is 5.41 Å². The normalized spacial score (nSPS) is 16.7. The van der Waals surface area contributed by atoms with Crippen LogP contribution in [0, 0.1) is 22.7 Å². The summed E-state index contributed by atoms with van der Waals surface area (Å²) in [6.45, 7) is 1.47. The first-order valence-corrected chi connectivity index (χ1v) is 11.8. The number of nitriles is 1. The number of hydrogen-bond acceptors (Lipinski definition) is 7. The molecule has 1 aliphatic heterocycles. The van der Waals surface area contributed by atoms with Crippen LogP contribution in [0.1, 0.15) is 48.6 Å². The topological polar surface area (TPSA) is 107 Å². The number of hydrogen-bond donors (Lipinski definition) is 2. The largest absolute Gasteiger partial charge is 0.388 e. The summed E-state index contributed by atoms with van der Waals surface area (Å²) in [5.41, 5.74) is 4.25. The Bertz CT molecular complexity index is 1290. The summed E-state index contributed by atoms with van der Waals surface area (Å²) in [5, 5.41) is 30.0. The molecule has 2 aromatic heterocycles. The molecule has 0 unspecified atom stereocenters. The number of aromatic nitrogens is 4. The van der Waals surface area contributed by atoms with Gasteiger partial charge in [0.1, 0.15) is 18.2 Å². The van der Waals surface area contributed by atoms with E-state index < -0.39 is 5.95 Å².